The second-order valence-electron chi connectivity index (χ2n) is 3.32. The molecule has 1 atom stereocenters. The van der Waals surface area contributed by atoms with E-state index < -0.39 is 5.97 Å². The fourth-order valence-electron chi connectivity index (χ4n) is 1.35. The quantitative estimate of drug-likeness (QED) is 0.559. The number of carboxylic acid groups (broad SMARTS) is 1. The summed E-state index contributed by atoms with van der Waals surface area (Å²) >= 11 is 0. The van der Waals surface area contributed by atoms with Gasteiger partial charge in [-0.3, -0.25) is 24.6 Å². The number of carbonyl (C=O) groups is 3. The smallest absolute Gasteiger partial charge is 0.304 e. The molecular formula is C8H12N2O4. The van der Waals surface area contributed by atoms with Crippen LogP contribution in [0.15, 0.2) is 0 Å². The minimum atomic E-state index is -0.934. The maximum atomic E-state index is 11.0. The average Bonchev–Trinajstić information content (AvgIpc) is 2.00. The minimum absolute atomic E-state index is 0.0689. The number of carboxylic acids is 1. The van der Waals surface area contributed by atoms with Gasteiger partial charge in [-0.2, -0.15) is 0 Å². The van der Waals surface area contributed by atoms with Crippen molar-refractivity contribution in [2.75, 3.05) is 13.1 Å². The Labute approximate surface area is 80.9 Å². The highest BCUT2D eigenvalue weighted by molar-refractivity contribution is 5.99. The number of imide groups is 1. The fourth-order valence-corrected chi connectivity index (χ4v) is 1.35. The van der Waals surface area contributed by atoms with E-state index in [9.17, 15) is 14.4 Å². The number of amides is 2. The lowest BCUT2D eigenvalue weighted by Crippen LogP contribution is -2.54. The predicted octanol–water partition coefficient (Wildman–Crippen LogP) is -1.19. The zero-order valence-corrected chi connectivity index (χ0v) is 7.82. The van der Waals surface area contributed by atoms with Crippen molar-refractivity contribution in [2.24, 2.45) is 0 Å². The van der Waals surface area contributed by atoms with Gasteiger partial charge in [-0.15, -0.1) is 0 Å². The third-order valence-corrected chi connectivity index (χ3v) is 2.07. The van der Waals surface area contributed by atoms with Crippen molar-refractivity contribution in [1.82, 2.24) is 10.2 Å². The Bertz CT molecular complexity index is 261. The minimum Gasteiger partial charge on any atom is -0.481 e. The lowest BCUT2D eigenvalue weighted by molar-refractivity contribution is -0.142. The van der Waals surface area contributed by atoms with Crippen LogP contribution in [-0.4, -0.2) is 46.9 Å². The second kappa shape index (κ2) is 4.19. The van der Waals surface area contributed by atoms with E-state index in [-0.39, 0.29) is 37.4 Å². The molecule has 0 bridgehead atoms. The van der Waals surface area contributed by atoms with Gasteiger partial charge in [0.1, 0.15) is 0 Å². The number of rotatable bonds is 3. The van der Waals surface area contributed by atoms with Crippen molar-refractivity contribution in [2.45, 2.75) is 19.4 Å². The highest BCUT2D eigenvalue weighted by atomic mass is 16.4. The number of hydrogen-bond donors (Lipinski definition) is 2. The molecule has 0 aromatic rings. The molecule has 2 amide bonds. The molecule has 0 unspecified atom stereocenters. The Balaban J connectivity index is 2.54. The predicted molar refractivity (Wildman–Crippen MR) is 46.4 cm³/mol. The molecule has 0 aliphatic carbocycles. The van der Waals surface area contributed by atoms with Gasteiger partial charge in [0.25, 0.3) is 0 Å². The monoisotopic (exact) mass is 200 g/mol. The summed E-state index contributed by atoms with van der Waals surface area (Å²) in [5, 5.41) is 10.7. The van der Waals surface area contributed by atoms with E-state index in [2.05, 4.69) is 5.32 Å². The summed E-state index contributed by atoms with van der Waals surface area (Å²) in [6, 6.07) is -0.303. The number of aliphatic carboxylic acids is 1. The topological polar surface area (TPSA) is 86.7 Å². The Morgan fingerprint density at radius 1 is 1.50 bits per heavy atom. The molecule has 78 valence electrons. The first kappa shape index (κ1) is 10.6. The van der Waals surface area contributed by atoms with Crippen LogP contribution in [0.4, 0.5) is 0 Å². The van der Waals surface area contributed by atoms with Crippen LogP contribution >= 0.6 is 0 Å². The van der Waals surface area contributed by atoms with Crippen LogP contribution in [0.3, 0.4) is 0 Å². The van der Waals surface area contributed by atoms with E-state index in [1.54, 1.807) is 11.8 Å². The molecule has 1 heterocycles. The van der Waals surface area contributed by atoms with E-state index in [0.29, 0.717) is 0 Å². The van der Waals surface area contributed by atoms with Gasteiger partial charge in [-0.25, -0.2) is 0 Å². The maximum absolute atomic E-state index is 11.0. The zero-order valence-electron chi connectivity index (χ0n) is 7.82. The van der Waals surface area contributed by atoms with E-state index in [0.717, 1.165) is 0 Å². The van der Waals surface area contributed by atoms with Crippen LogP contribution in [0.25, 0.3) is 0 Å². The van der Waals surface area contributed by atoms with Crippen LogP contribution < -0.4 is 5.32 Å². The molecule has 0 spiro atoms. The van der Waals surface area contributed by atoms with Gasteiger partial charge in [0.15, 0.2) is 0 Å². The van der Waals surface area contributed by atoms with E-state index in [4.69, 9.17) is 5.11 Å². The summed E-state index contributed by atoms with van der Waals surface area (Å²) in [7, 11) is 0. The van der Waals surface area contributed by atoms with E-state index in [1.807, 2.05) is 0 Å². The molecule has 0 saturated carbocycles. The molecular weight excluding hydrogens is 188 g/mol. The molecule has 14 heavy (non-hydrogen) atoms. The first-order valence-electron chi connectivity index (χ1n) is 4.27. The highest BCUT2D eigenvalue weighted by Gasteiger charge is 2.26. The summed E-state index contributed by atoms with van der Waals surface area (Å²) in [5.41, 5.74) is 0. The lowest BCUT2D eigenvalue weighted by Gasteiger charge is -2.29. The summed E-state index contributed by atoms with van der Waals surface area (Å²) in [5.74, 6) is -1.69. The molecule has 1 rings (SSSR count). The van der Waals surface area contributed by atoms with Gasteiger partial charge < -0.3 is 5.11 Å². The van der Waals surface area contributed by atoms with Crippen molar-refractivity contribution in [3.63, 3.8) is 0 Å². The van der Waals surface area contributed by atoms with Crippen LogP contribution in [0, 0.1) is 0 Å². The van der Waals surface area contributed by atoms with Crippen molar-refractivity contribution in [1.29, 1.82) is 0 Å². The van der Waals surface area contributed by atoms with Crippen LogP contribution in [-0.2, 0) is 14.4 Å². The summed E-state index contributed by atoms with van der Waals surface area (Å²) in [6.07, 6.45) is -0.0689. The van der Waals surface area contributed by atoms with Crippen LogP contribution in [0.1, 0.15) is 13.3 Å². The van der Waals surface area contributed by atoms with Gasteiger partial charge in [0.2, 0.25) is 11.8 Å². The normalized spacial score (nSPS) is 20.4. The molecule has 0 radical (unpaired) electrons. The van der Waals surface area contributed by atoms with Gasteiger partial charge in [0.05, 0.1) is 19.5 Å². The number of piperazine rings is 1. The fraction of sp³-hybridized carbons (Fsp3) is 0.625. The van der Waals surface area contributed by atoms with Crippen molar-refractivity contribution in [3.8, 4) is 0 Å². The summed E-state index contributed by atoms with van der Waals surface area (Å²) < 4.78 is 0. The Morgan fingerprint density at radius 3 is 2.43 bits per heavy atom. The first-order chi connectivity index (χ1) is 6.49. The number of hydrogen-bond acceptors (Lipinski definition) is 4. The molecule has 6 heteroatoms. The van der Waals surface area contributed by atoms with Gasteiger partial charge in [0, 0.05) is 6.04 Å². The van der Waals surface area contributed by atoms with E-state index >= 15 is 0 Å². The lowest BCUT2D eigenvalue weighted by atomic mass is 10.2. The van der Waals surface area contributed by atoms with Crippen molar-refractivity contribution in [3.05, 3.63) is 0 Å². The standard InChI is InChI=1S/C8H12N2O4/c1-5(2-8(13)14)10-3-6(11)9-7(12)4-10/h5H,2-4H2,1H3,(H,13,14)(H,9,11,12)/t5-/m0/s1. The van der Waals surface area contributed by atoms with Crippen molar-refractivity contribution < 1.29 is 19.5 Å². The molecule has 1 fully saturated rings. The van der Waals surface area contributed by atoms with Gasteiger partial charge >= 0.3 is 5.97 Å². The van der Waals surface area contributed by atoms with Crippen LogP contribution in [0.2, 0.25) is 0 Å². The van der Waals surface area contributed by atoms with Crippen LogP contribution in [0.5, 0.6) is 0 Å². The Hall–Kier alpha value is -1.43. The van der Waals surface area contributed by atoms with Gasteiger partial charge in [-0.05, 0) is 6.92 Å². The number of carbonyl (C=O) groups excluding carboxylic acids is 2. The molecule has 2 N–H and O–H groups in total. The molecule has 1 aliphatic heterocycles. The zero-order chi connectivity index (χ0) is 10.7. The maximum Gasteiger partial charge on any atom is 0.304 e. The second-order valence-corrected chi connectivity index (χ2v) is 3.32. The molecule has 1 aliphatic rings. The SMILES string of the molecule is C[C@@H](CC(=O)O)N1CC(=O)NC(=O)C1. The van der Waals surface area contributed by atoms with Crippen molar-refractivity contribution >= 4 is 17.8 Å². The third-order valence-electron chi connectivity index (χ3n) is 2.07. The number of nitrogens with one attached hydrogen (secondary N) is 1. The highest BCUT2D eigenvalue weighted by Crippen LogP contribution is 2.05. The first-order valence-corrected chi connectivity index (χ1v) is 4.27. The average molecular weight is 200 g/mol. The Kier molecular flexibility index (Phi) is 3.19. The largest absolute Gasteiger partial charge is 0.481 e. The Morgan fingerprint density at radius 2 is 2.00 bits per heavy atom. The molecule has 0 aromatic carbocycles. The molecule has 1 saturated heterocycles. The van der Waals surface area contributed by atoms with Gasteiger partial charge in [-0.1, -0.05) is 0 Å². The third kappa shape index (κ3) is 2.81. The van der Waals surface area contributed by atoms with E-state index in [1.165, 1.54) is 0 Å². The summed E-state index contributed by atoms with van der Waals surface area (Å²) in [4.78, 5) is 33.9. The molecule has 6 nitrogen and oxygen atoms in total. The molecule has 0 aromatic heterocycles. The number of nitrogens with zero attached hydrogens (tertiary/aromatic N) is 1. The summed E-state index contributed by atoms with van der Waals surface area (Å²) in [6.45, 7) is 1.85.